The smallest absolute Gasteiger partial charge is 0.469 e. The van der Waals surface area contributed by atoms with Gasteiger partial charge in [0.15, 0.2) is 0 Å². The number of nitrogens with two attached hydrogens (primary N) is 1. The summed E-state index contributed by atoms with van der Waals surface area (Å²) in [5.41, 5.74) is 6.63. The van der Waals surface area contributed by atoms with E-state index in [1.807, 2.05) is 42.5 Å². The average molecular weight is 626 g/mol. The van der Waals surface area contributed by atoms with Gasteiger partial charge in [0, 0.05) is 5.56 Å². The molecule has 4 rings (SSSR count). The Morgan fingerprint density at radius 2 is 1.67 bits per heavy atom. The number of hydrogen-bond donors (Lipinski definition) is 4. The second-order valence-corrected chi connectivity index (χ2v) is 11.1. The van der Waals surface area contributed by atoms with Crippen LogP contribution < -0.4 is 10.5 Å². The number of rotatable bonds is 9. The highest BCUT2D eigenvalue weighted by molar-refractivity contribution is 9.10. The molecule has 0 radical (unpaired) electrons. The van der Waals surface area contributed by atoms with Gasteiger partial charge in [-0.05, 0) is 51.7 Å². The summed E-state index contributed by atoms with van der Waals surface area (Å²) in [6.07, 6.45) is -3.46. The van der Waals surface area contributed by atoms with Crippen molar-refractivity contribution in [3.05, 3.63) is 94.4 Å². The number of aromatic nitrogens is 2. The van der Waals surface area contributed by atoms with Crippen LogP contribution in [0.2, 0.25) is 0 Å². The van der Waals surface area contributed by atoms with Crippen LogP contribution in [-0.2, 0) is 27.4 Å². The molecule has 0 aliphatic carbocycles. The molecule has 0 aliphatic heterocycles. The predicted octanol–water partition coefficient (Wildman–Crippen LogP) is 6.39. The number of nitrogens with zero attached hydrogens (tertiary/aromatic N) is 1. The molecule has 0 bridgehead atoms. The van der Waals surface area contributed by atoms with Crippen molar-refractivity contribution in [3.63, 3.8) is 0 Å². The summed E-state index contributed by atoms with van der Waals surface area (Å²) in [7, 11) is -4.78. The maximum Gasteiger partial charge on any atom is 0.469 e. The number of H-pyrrole nitrogens is 1. The Bertz CT molecular complexity index is 1490. The number of halogens is 4. The molecule has 1 aromatic heterocycles. The largest absolute Gasteiger partial charge is 0.487 e. The molecule has 5 N–H and O–H groups in total. The van der Waals surface area contributed by atoms with Crippen LogP contribution in [0.1, 0.15) is 23.9 Å². The molecule has 0 aliphatic rings. The van der Waals surface area contributed by atoms with Gasteiger partial charge in [-0.3, -0.25) is 4.52 Å². The molecule has 0 amide bonds. The maximum atomic E-state index is 14.1. The number of hydrogen-bond acceptors (Lipinski definition) is 5. The lowest BCUT2D eigenvalue weighted by atomic mass is 10.0. The molecule has 1 heterocycles. The van der Waals surface area contributed by atoms with E-state index in [2.05, 4.69) is 30.4 Å². The number of benzene rings is 3. The Morgan fingerprint density at radius 1 is 1.03 bits per heavy atom. The van der Waals surface area contributed by atoms with Gasteiger partial charge in [0.25, 0.3) is 0 Å². The Morgan fingerprint density at radius 3 is 2.28 bits per heavy atom. The Hall–Kier alpha value is -2.99. The van der Waals surface area contributed by atoms with Gasteiger partial charge in [0.05, 0.1) is 34.1 Å². The summed E-state index contributed by atoms with van der Waals surface area (Å²) in [6.45, 7) is 0.738. The van der Waals surface area contributed by atoms with E-state index in [9.17, 15) is 17.7 Å². The number of aromatic amines is 1. The summed E-state index contributed by atoms with van der Waals surface area (Å²) in [5.74, 6) is -0.299. The quantitative estimate of drug-likeness (QED) is 0.159. The molecule has 0 unspecified atom stereocenters. The summed E-state index contributed by atoms with van der Waals surface area (Å²) < 4.78 is 63.4. The fourth-order valence-electron chi connectivity index (χ4n) is 3.73. The fourth-order valence-corrected chi connectivity index (χ4v) is 4.74. The van der Waals surface area contributed by atoms with E-state index in [1.54, 1.807) is 12.1 Å². The first-order valence-corrected chi connectivity index (χ1v) is 13.8. The second-order valence-electron chi connectivity index (χ2n) is 9.01. The van der Waals surface area contributed by atoms with Crippen LogP contribution in [0.15, 0.2) is 77.4 Å². The van der Waals surface area contributed by atoms with Crippen LogP contribution in [0.5, 0.6) is 5.75 Å². The lowest BCUT2D eigenvalue weighted by Gasteiger charge is -2.22. The maximum absolute atomic E-state index is 14.1. The minimum Gasteiger partial charge on any atom is -0.487 e. The number of ether oxygens (including phenoxy) is 1. The summed E-state index contributed by atoms with van der Waals surface area (Å²) in [5, 5.41) is 0. The summed E-state index contributed by atoms with van der Waals surface area (Å²) in [6, 6.07) is 19.4. The lowest BCUT2D eigenvalue weighted by molar-refractivity contribution is -0.139. The van der Waals surface area contributed by atoms with Crippen LogP contribution in [0.3, 0.4) is 0 Å². The minimum absolute atomic E-state index is 0.0647. The van der Waals surface area contributed by atoms with Crippen molar-refractivity contribution in [2.24, 2.45) is 5.73 Å². The minimum atomic E-state index is -4.78. The molecule has 4 aromatic rings. The predicted molar refractivity (Wildman–Crippen MR) is 142 cm³/mol. The van der Waals surface area contributed by atoms with Gasteiger partial charge in [-0.2, -0.15) is 13.2 Å². The van der Waals surface area contributed by atoms with Crippen molar-refractivity contribution in [2.45, 2.75) is 25.2 Å². The van der Waals surface area contributed by atoms with Crippen molar-refractivity contribution >= 4 is 23.8 Å². The average Bonchev–Trinajstić information content (AvgIpc) is 3.38. The molecule has 3 aromatic carbocycles. The van der Waals surface area contributed by atoms with Crippen molar-refractivity contribution in [1.29, 1.82) is 0 Å². The molecule has 0 spiro atoms. The molecular formula is C26H24BrF3N3O5P. The Balaban J connectivity index is 1.56. The van der Waals surface area contributed by atoms with Crippen molar-refractivity contribution < 1.29 is 36.8 Å². The molecule has 206 valence electrons. The summed E-state index contributed by atoms with van der Waals surface area (Å²) in [4.78, 5) is 24.7. The monoisotopic (exact) mass is 625 g/mol. The van der Waals surface area contributed by atoms with E-state index in [0.717, 1.165) is 17.2 Å². The zero-order chi connectivity index (χ0) is 28.4. The third-order valence-electron chi connectivity index (χ3n) is 5.75. The number of imidazole rings is 1. The molecule has 1 atom stereocenters. The van der Waals surface area contributed by atoms with E-state index in [-0.39, 0.29) is 33.9 Å². The van der Waals surface area contributed by atoms with Crippen molar-refractivity contribution in [3.8, 4) is 28.1 Å². The van der Waals surface area contributed by atoms with Crippen LogP contribution in [-0.4, -0.2) is 26.4 Å². The standard InChI is InChI=1S/C26H24BrF3N3O5P/c1-25(31,15-38-39(34,35)36)24-32-13-22(33-24)19-11-20(26(28,29)30)23(21(27)12-19)37-14-16-7-9-18(10-8-16)17-5-3-2-4-6-17/h2-13H,14-15,31H2,1H3,(H,32,33)(H2,34,35,36)/t25-/m0/s1. The van der Waals surface area contributed by atoms with Gasteiger partial charge in [0.2, 0.25) is 0 Å². The number of alkyl halides is 3. The SMILES string of the molecule is C[C@](N)(COP(=O)(O)O)c1ncc(-c2cc(Br)c(OCc3ccc(-c4ccccc4)cc3)c(C(F)(F)F)c2)[nH]1. The second kappa shape index (κ2) is 11.2. The molecule has 13 heteroatoms. The van der Waals surface area contributed by atoms with Crippen LogP contribution >= 0.6 is 23.8 Å². The van der Waals surface area contributed by atoms with Crippen LogP contribution in [0.25, 0.3) is 22.4 Å². The van der Waals surface area contributed by atoms with E-state index < -0.39 is 31.7 Å². The van der Waals surface area contributed by atoms with Crippen LogP contribution in [0, 0.1) is 0 Å². The topological polar surface area (TPSA) is 131 Å². The van der Waals surface area contributed by atoms with Gasteiger partial charge in [-0.15, -0.1) is 0 Å². The highest BCUT2D eigenvalue weighted by Gasteiger charge is 2.36. The fraction of sp³-hybridized carbons (Fsp3) is 0.192. The first-order chi connectivity index (χ1) is 18.2. The van der Waals surface area contributed by atoms with E-state index in [0.29, 0.717) is 5.56 Å². The van der Waals surface area contributed by atoms with Gasteiger partial charge in [-0.1, -0.05) is 54.6 Å². The lowest BCUT2D eigenvalue weighted by Crippen LogP contribution is -2.39. The molecule has 8 nitrogen and oxygen atoms in total. The van der Waals surface area contributed by atoms with Gasteiger partial charge >= 0.3 is 14.0 Å². The highest BCUT2D eigenvalue weighted by Crippen LogP contribution is 2.44. The van der Waals surface area contributed by atoms with Gasteiger partial charge in [-0.25, -0.2) is 9.55 Å². The van der Waals surface area contributed by atoms with Gasteiger partial charge < -0.3 is 25.2 Å². The number of phosphoric ester groups is 1. The molecule has 39 heavy (non-hydrogen) atoms. The molecule has 0 saturated heterocycles. The third kappa shape index (κ3) is 7.36. The first kappa shape index (κ1) is 29.0. The van der Waals surface area contributed by atoms with Crippen LogP contribution in [0.4, 0.5) is 13.2 Å². The van der Waals surface area contributed by atoms with Gasteiger partial charge in [0.1, 0.15) is 18.2 Å². The summed E-state index contributed by atoms with van der Waals surface area (Å²) >= 11 is 3.21. The number of phosphoric acid groups is 1. The van der Waals surface area contributed by atoms with E-state index >= 15 is 0 Å². The van der Waals surface area contributed by atoms with Crippen molar-refractivity contribution in [2.75, 3.05) is 6.61 Å². The highest BCUT2D eigenvalue weighted by atomic mass is 79.9. The van der Waals surface area contributed by atoms with Crippen molar-refractivity contribution in [1.82, 2.24) is 9.97 Å². The third-order valence-corrected chi connectivity index (χ3v) is 6.81. The zero-order valence-electron chi connectivity index (χ0n) is 20.4. The molecule has 0 fully saturated rings. The number of nitrogens with one attached hydrogen (secondary N) is 1. The van der Waals surface area contributed by atoms with E-state index in [1.165, 1.54) is 19.2 Å². The Labute approximate surface area is 230 Å². The first-order valence-electron chi connectivity index (χ1n) is 11.5. The zero-order valence-corrected chi connectivity index (χ0v) is 22.9. The molecule has 0 saturated carbocycles. The normalized spacial score (nSPS) is 13.7. The molecular weight excluding hydrogens is 602 g/mol. The van der Waals surface area contributed by atoms with E-state index in [4.69, 9.17) is 20.3 Å². The Kier molecular flexibility index (Phi) is 8.36.